The summed E-state index contributed by atoms with van der Waals surface area (Å²) in [5, 5.41) is 0.762. The lowest BCUT2D eigenvalue weighted by Crippen LogP contribution is -1.94. The summed E-state index contributed by atoms with van der Waals surface area (Å²) >= 11 is 6.02. The summed E-state index contributed by atoms with van der Waals surface area (Å²) in [5.41, 5.74) is 1.03. The Morgan fingerprint density at radius 3 is 2.80 bits per heavy atom. The molecule has 1 aliphatic rings. The van der Waals surface area contributed by atoms with Crippen LogP contribution in [-0.2, 0) is 11.3 Å². The Morgan fingerprint density at radius 1 is 1.20 bits per heavy atom. The van der Waals surface area contributed by atoms with Gasteiger partial charge in [0.2, 0.25) is 0 Å². The van der Waals surface area contributed by atoms with Crippen LogP contribution < -0.4 is 0 Å². The molecule has 2 heteroatoms. The van der Waals surface area contributed by atoms with E-state index in [-0.39, 0.29) is 0 Å². The fourth-order valence-corrected chi connectivity index (χ4v) is 1.66. The van der Waals surface area contributed by atoms with E-state index < -0.39 is 0 Å². The lowest BCUT2D eigenvalue weighted by atomic mass is 10.2. The van der Waals surface area contributed by atoms with Gasteiger partial charge in [0.1, 0.15) is 12.4 Å². The normalized spacial score (nSPS) is 14.9. The average Bonchev–Trinajstić information content (AvgIpc) is 2.29. The van der Waals surface area contributed by atoms with Gasteiger partial charge in [-0.3, -0.25) is 0 Å². The molecular weight excluding hydrogens is 208 g/mol. The smallest absolute Gasteiger partial charge is 0.115 e. The van der Waals surface area contributed by atoms with Gasteiger partial charge in [-0.15, -0.1) is 0 Å². The second-order valence-corrected chi connectivity index (χ2v) is 3.87. The third-order valence-corrected chi connectivity index (χ3v) is 2.68. The summed E-state index contributed by atoms with van der Waals surface area (Å²) in [6.45, 7) is 0.538. The first-order valence-corrected chi connectivity index (χ1v) is 5.47. The Kier molecular flexibility index (Phi) is 3.46. The van der Waals surface area contributed by atoms with E-state index in [0.717, 1.165) is 29.2 Å². The van der Waals surface area contributed by atoms with Crippen molar-refractivity contribution in [1.29, 1.82) is 0 Å². The van der Waals surface area contributed by atoms with Crippen molar-refractivity contribution in [2.45, 2.75) is 19.4 Å². The van der Waals surface area contributed by atoms with Crippen LogP contribution in [-0.4, -0.2) is 0 Å². The molecule has 0 atom stereocenters. The summed E-state index contributed by atoms with van der Waals surface area (Å²) in [5.74, 6) is 0.946. The van der Waals surface area contributed by atoms with Gasteiger partial charge >= 0.3 is 0 Å². The highest BCUT2D eigenvalue weighted by Crippen LogP contribution is 2.18. The van der Waals surface area contributed by atoms with E-state index in [0.29, 0.717) is 6.61 Å². The summed E-state index contributed by atoms with van der Waals surface area (Å²) in [4.78, 5) is 0. The third-order valence-electron chi connectivity index (χ3n) is 2.31. The number of halogens is 1. The maximum absolute atomic E-state index is 6.02. The fraction of sp³-hybridized carbons (Fsp3) is 0.231. The Bertz CT molecular complexity index is 393. The SMILES string of the molecule is Clc1ccccc1COC1=CCCC=C1. The van der Waals surface area contributed by atoms with Gasteiger partial charge in [-0.1, -0.05) is 35.9 Å². The molecule has 0 radical (unpaired) electrons. The van der Waals surface area contributed by atoms with Crippen molar-refractivity contribution in [3.05, 3.63) is 58.8 Å². The van der Waals surface area contributed by atoms with Crippen LogP contribution in [0.3, 0.4) is 0 Å². The van der Waals surface area contributed by atoms with Crippen LogP contribution >= 0.6 is 11.6 Å². The number of hydrogen-bond donors (Lipinski definition) is 0. The van der Waals surface area contributed by atoms with Crippen molar-refractivity contribution in [2.75, 3.05) is 0 Å². The van der Waals surface area contributed by atoms with E-state index in [9.17, 15) is 0 Å². The molecule has 0 saturated carbocycles. The largest absolute Gasteiger partial charge is 0.489 e. The Hall–Kier alpha value is -1.21. The quantitative estimate of drug-likeness (QED) is 0.746. The molecule has 2 rings (SSSR count). The molecule has 0 unspecified atom stereocenters. The Morgan fingerprint density at radius 2 is 2.07 bits per heavy atom. The van der Waals surface area contributed by atoms with Crippen molar-refractivity contribution >= 4 is 11.6 Å². The predicted octanol–water partition coefficient (Wildman–Crippen LogP) is 4.09. The topological polar surface area (TPSA) is 9.23 Å². The van der Waals surface area contributed by atoms with Gasteiger partial charge in [-0.2, -0.15) is 0 Å². The third kappa shape index (κ3) is 2.87. The summed E-state index contributed by atoms with van der Waals surface area (Å²) < 4.78 is 5.64. The molecule has 0 fully saturated rings. The molecule has 0 amide bonds. The maximum atomic E-state index is 6.02. The van der Waals surface area contributed by atoms with Gasteiger partial charge in [0.05, 0.1) is 0 Å². The van der Waals surface area contributed by atoms with Gasteiger partial charge in [-0.25, -0.2) is 0 Å². The molecule has 1 aromatic carbocycles. The zero-order chi connectivity index (χ0) is 10.5. The van der Waals surface area contributed by atoms with E-state index in [1.54, 1.807) is 0 Å². The van der Waals surface area contributed by atoms with Crippen molar-refractivity contribution in [2.24, 2.45) is 0 Å². The monoisotopic (exact) mass is 220 g/mol. The van der Waals surface area contributed by atoms with Crippen LogP contribution in [0.2, 0.25) is 5.02 Å². The van der Waals surface area contributed by atoms with Crippen LogP contribution in [0.1, 0.15) is 18.4 Å². The van der Waals surface area contributed by atoms with Gasteiger partial charge in [-0.05, 0) is 31.1 Å². The predicted molar refractivity (Wildman–Crippen MR) is 62.7 cm³/mol. The minimum Gasteiger partial charge on any atom is -0.489 e. The first-order chi connectivity index (χ1) is 7.36. The molecule has 78 valence electrons. The first-order valence-electron chi connectivity index (χ1n) is 5.09. The van der Waals surface area contributed by atoms with Crippen LogP contribution in [0.25, 0.3) is 0 Å². The molecule has 0 bridgehead atoms. The van der Waals surface area contributed by atoms with E-state index in [1.807, 2.05) is 30.3 Å². The Balaban J connectivity index is 1.96. The highest BCUT2D eigenvalue weighted by Gasteiger charge is 2.01. The Labute approximate surface area is 95.0 Å². The summed E-state index contributed by atoms with van der Waals surface area (Å²) in [6.07, 6.45) is 8.42. The molecule has 0 aromatic heterocycles. The van der Waals surface area contributed by atoms with E-state index >= 15 is 0 Å². The zero-order valence-corrected chi connectivity index (χ0v) is 9.20. The van der Waals surface area contributed by atoms with Crippen LogP contribution in [0, 0.1) is 0 Å². The summed E-state index contributed by atoms with van der Waals surface area (Å²) in [6, 6.07) is 7.75. The molecule has 0 spiro atoms. The van der Waals surface area contributed by atoms with E-state index in [1.165, 1.54) is 0 Å². The first kappa shape index (κ1) is 10.3. The van der Waals surface area contributed by atoms with Gasteiger partial charge in [0.25, 0.3) is 0 Å². The standard InChI is InChI=1S/C13H13ClO/c14-13-9-5-4-6-11(13)10-15-12-7-2-1-3-8-12/h2,4-9H,1,3,10H2. The molecule has 0 N–H and O–H groups in total. The van der Waals surface area contributed by atoms with Crippen molar-refractivity contribution in [1.82, 2.24) is 0 Å². The highest BCUT2D eigenvalue weighted by atomic mass is 35.5. The lowest BCUT2D eigenvalue weighted by molar-refractivity contribution is 0.209. The summed E-state index contributed by atoms with van der Waals surface area (Å²) in [7, 11) is 0. The molecule has 0 saturated heterocycles. The molecule has 0 aliphatic heterocycles. The zero-order valence-electron chi connectivity index (χ0n) is 8.45. The minimum absolute atomic E-state index is 0.538. The van der Waals surface area contributed by atoms with Crippen molar-refractivity contribution in [3.8, 4) is 0 Å². The van der Waals surface area contributed by atoms with Crippen molar-refractivity contribution < 1.29 is 4.74 Å². The molecule has 1 aromatic rings. The number of ether oxygens (including phenoxy) is 1. The number of allylic oxidation sites excluding steroid dienone is 3. The van der Waals surface area contributed by atoms with Crippen LogP contribution in [0.4, 0.5) is 0 Å². The van der Waals surface area contributed by atoms with Gasteiger partial charge in [0.15, 0.2) is 0 Å². The second kappa shape index (κ2) is 5.04. The van der Waals surface area contributed by atoms with E-state index in [4.69, 9.17) is 16.3 Å². The number of hydrogen-bond acceptors (Lipinski definition) is 1. The van der Waals surface area contributed by atoms with Gasteiger partial charge in [0, 0.05) is 10.6 Å². The molecule has 0 heterocycles. The molecular formula is C13H13ClO. The lowest BCUT2D eigenvalue weighted by Gasteiger charge is -2.10. The van der Waals surface area contributed by atoms with E-state index in [2.05, 4.69) is 12.2 Å². The average molecular weight is 221 g/mol. The van der Waals surface area contributed by atoms with Crippen LogP contribution in [0.15, 0.2) is 48.3 Å². The highest BCUT2D eigenvalue weighted by molar-refractivity contribution is 6.31. The number of benzene rings is 1. The number of rotatable bonds is 3. The molecule has 1 aliphatic carbocycles. The second-order valence-electron chi connectivity index (χ2n) is 3.47. The molecule has 1 nitrogen and oxygen atoms in total. The van der Waals surface area contributed by atoms with Gasteiger partial charge < -0.3 is 4.74 Å². The van der Waals surface area contributed by atoms with Crippen molar-refractivity contribution in [3.63, 3.8) is 0 Å². The van der Waals surface area contributed by atoms with Crippen LogP contribution in [0.5, 0.6) is 0 Å². The molecule has 15 heavy (non-hydrogen) atoms. The minimum atomic E-state index is 0.538. The fourth-order valence-electron chi connectivity index (χ4n) is 1.47. The maximum Gasteiger partial charge on any atom is 0.115 e.